The van der Waals surface area contributed by atoms with Crippen molar-refractivity contribution in [3.8, 4) is 11.1 Å². The van der Waals surface area contributed by atoms with Gasteiger partial charge in [-0.05, 0) is 66.2 Å². The molecule has 1 fully saturated rings. The first-order valence-corrected chi connectivity index (χ1v) is 11.1. The molecule has 4 rings (SSSR count). The van der Waals surface area contributed by atoms with Gasteiger partial charge in [0.25, 0.3) is 0 Å². The van der Waals surface area contributed by atoms with Gasteiger partial charge in [0.1, 0.15) is 11.6 Å². The zero-order valence-corrected chi connectivity index (χ0v) is 17.3. The third-order valence-corrected chi connectivity index (χ3v) is 6.67. The highest BCUT2D eigenvalue weighted by molar-refractivity contribution is 5.88. The molecule has 0 atom stereocenters. The van der Waals surface area contributed by atoms with E-state index in [1.54, 1.807) is 12.1 Å². The molecule has 0 heterocycles. The molecule has 152 valence electrons. The van der Waals surface area contributed by atoms with Gasteiger partial charge in [-0.1, -0.05) is 75.1 Å². The van der Waals surface area contributed by atoms with E-state index in [2.05, 4.69) is 19.1 Å². The second kappa shape index (κ2) is 9.07. The van der Waals surface area contributed by atoms with E-state index in [1.165, 1.54) is 69.1 Å². The third kappa shape index (κ3) is 4.52. The maximum atomic E-state index is 15.1. The van der Waals surface area contributed by atoms with E-state index in [9.17, 15) is 4.39 Å². The fourth-order valence-electron chi connectivity index (χ4n) is 4.88. The lowest BCUT2D eigenvalue weighted by atomic mass is 9.76. The number of hydrogen-bond acceptors (Lipinski definition) is 0. The molecule has 0 nitrogen and oxygen atoms in total. The zero-order valence-electron chi connectivity index (χ0n) is 17.3. The minimum absolute atomic E-state index is 0.222. The van der Waals surface area contributed by atoms with E-state index in [-0.39, 0.29) is 11.6 Å². The standard InChI is InChI=1S/C27H30F2/c1-2-3-4-5-19-6-8-20(9-7-19)22-12-16-26-23(18-22)13-17-25(27(26)29)21-10-14-24(28)15-11-21/h10-20H,2-9H2,1H3/t19-,20-. The monoisotopic (exact) mass is 392 g/mol. The van der Waals surface area contributed by atoms with Crippen LogP contribution >= 0.6 is 0 Å². The van der Waals surface area contributed by atoms with Crippen LogP contribution in [0.25, 0.3) is 21.9 Å². The molecule has 2 heteroatoms. The quantitative estimate of drug-likeness (QED) is 0.368. The van der Waals surface area contributed by atoms with Crippen molar-refractivity contribution in [2.45, 2.75) is 64.2 Å². The van der Waals surface area contributed by atoms with Crippen molar-refractivity contribution in [2.75, 3.05) is 0 Å². The van der Waals surface area contributed by atoms with E-state index in [0.29, 0.717) is 22.4 Å². The molecule has 0 bridgehead atoms. The van der Waals surface area contributed by atoms with E-state index in [4.69, 9.17) is 0 Å². The van der Waals surface area contributed by atoms with Gasteiger partial charge in [0.15, 0.2) is 0 Å². The van der Waals surface area contributed by atoms with Crippen LogP contribution in [0.15, 0.2) is 54.6 Å². The van der Waals surface area contributed by atoms with Crippen molar-refractivity contribution in [1.82, 2.24) is 0 Å². The van der Waals surface area contributed by atoms with Crippen molar-refractivity contribution >= 4 is 10.8 Å². The van der Waals surface area contributed by atoms with Gasteiger partial charge in [0.05, 0.1) is 0 Å². The molecule has 0 amide bonds. The number of unbranched alkanes of at least 4 members (excludes halogenated alkanes) is 2. The van der Waals surface area contributed by atoms with Crippen molar-refractivity contribution in [1.29, 1.82) is 0 Å². The Morgan fingerprint density at radius 1 is 0.828 bits per heavy atom. The minimum atomic E-state index is -0.306. The lowest BCUT2D eigenvalue weighted by molar-refractivity contribution is 0.303. The van der Waals surface area contributed by atoms with E-state index in [0.717, 1.165) is 11.3 Å². The summed E-state index contributed by atoms with van der Waals surface area (Å²) in [6.07, 6.45) is 10.6. The average molecular weight is 393 g/mol. The molecular formula is C27H30F2. The van der Waals surface area contributed by atoms with Gasteiger partial charge in [-0.25, -0.2) is 8.78 Å². The molecule has 0 saturated heterocycles. The van der Waals surface area contributed by atoms with Crippen molar-refractivity contribution in [3.05, 3.63) is 71.8 Å². The molecule has 29 heavy (non-hydrogen) atoms. The summed E-state index contributed by atoms with van der Waals surface area (Å²) >= 11 is 0. The second-order valence-corrected chi connectivity index (χ2v) is 8.63. The summed E-state index contributed by atoms with van der Waals surface area (Å²) in [5.74, 6) is 0.968. The second-order valence-electron chi connectivity index (χ2n) is 8.63. The number of rotatable bonds is 6. The van der Waals surface area contributed by atoms with Crippen molar-refractivity contribution in [3.63, 3.8) is 0 Å². The number of fused-ring (bicyclic) bond motifs is 1. The Morgan fingerprint density at radius 2 is 1.59 bits per heavy atom. The van der Waals surface area contributed by atoms with Crippen LogP contribution in [-0.2, 0) is 0 Å². The van der Waals surface area contributed by atoms with Gasteiger partial charge in [0, 0.05) is 10.9 Å². The summed E-state index contributed by atoms with van der Waals surface area (Å²) in [6.45, 7) is 2.27. The summed E-state index contributed by atoms with van der Waals surface area (Å²) in [4.78, 5) is 0. The van der Waals surface area contributed by atoms with Gasteiger partial charge >= 0.3 is 0 Å². The van der Waals surface area contributed by atoms with Crippen LogP contribution in [0.3, 0.4) is 0 Å². The summed E-state index contributed by atoms with van der Waals surface area (Å²) in [6, 6.07) is 16.1. The highest BCUT2D eigenvalue weighted by Crippen LogP contribution is 2.39. The van der Waals surface area contributed by atoms with Crippen LogP contribution in [-0.4, -0.2) is 0 Å². The highest BCUT2D eigenvalue weighted by atomic mass is 19.1. The Labute approximate surface area is 173 Å². The first-order chi connectivity index (χ1) is 14.2. The molecule has 1 aliphatic rings. The molecule has 0 radical (unpaired) electrons. The number of halogens is 2. The molecular weight excluding hydrogens is 362 g/mol. The number of benzene rings is 3. The Balaban J connectivity index is 1.50. The lowest BCUT2D eigenvalue weighted by Gasteiger charge is -2.29. The van der Waals surface area contributed by atoms with Gasteiger partial charge in [0.2, 0.25) is 0 Å². The predicted octanol–water partition coefficient (Wildman–Crippen LogP) is 8.64. The Kier molecular flexibility index (Phi) is 6.28. The Bertz CT molecular complexity index is 950. The zero-order chi connectivity index (χ0) is 20.2. The fraction of sp³-hybridized carbons (Fsp3) is 0.407. The summed E-state index contributed by atoms with van der Waals surface area (Å²) in [5, 5.41) is 1.60. The first-order valence-electron chi connectivity index (χ1n) is 11.1. The summed E-state index contributed by atoms with van der Waals surface area (Å²) in [5.41, 5.74) is 2.58. The van der Waals surface area contributed by atoms with Gasteiger partial charge < -0.3 is 0 Å². The highest BCUT2D eigenvalue weighted by Gasteiger charge is 2.22. The molecule has 1 aliphatic carbocycles. The molecule has 0 spiro atoms. The van der Waals surface area contributed by atoms with E-state index >= 15 is 4.39 Å². The first kappa shape index (κ1) is 20.1. The lowest BCUT2D eigenvalue weighted by Crippen LogP contribution is -2.13. The Morgan fingerprint density at radius 3 is 2.31 bits per heavy atom. The number of hydrogen-bond donors (Lipinski definition) is 0. The maximum Gasteiger partial charge on any atom is 0.138 e. The minimum Gasteiger partial charge on any atom is -0.207 e. The van der Waals surface area contributed by atoms with Crippen LogP contribution in [0.1, 0.15) is 69.8 Å². The maximum absolute atomic E-state index is 15.1. The fourth-order valence-corrected chi connectivity index (χ4v) is 4.88. The predicted molar refractivity (Wildman–Crippen MR) is 118 cm³/mol. The van der Waals surface area contributed by atoms with Crippen LogP contribution < -0.4 is 0 Å². The Hall–Kier alpha value is -2.22. The van der Waals surface area contributed by atoms with Crippen LogP contribution in [0.5, 0.6) is 0 Å². The molecule has 0 aliphatic heterocycles. The molecule has 0 N–H and O–H groups in total. The van der Waals surface area contributed by atoms with Crippen LogP contribution in [0.2, 0.25) is 0 Å². The van der Waals surface area contributed by atoms with E-state index < -0.39 is 0 Å². The SMILES string of the molecule is CCCCC[C@H]1CC[C@H](c2ccc3c(F)c(-c4ccc(F)cc4)ccc3c2)CC1. The normalized spacial score (nSPS) is 19.6. The van der Waals surface area contributed by atoms with Crippen molar-refractivity contribution < 1.29 is 8.78 Å². The summed E-state index contributed by atoms with van der Waals surface area (Å²) < 4.78 is 28.3. The largest absolute Gasteiger partial charge is 0.207 e. The molecule has 0 unspecified atom stereocenters. The van der Waals surface area contributed by atoms with E-state index in [1.807, 2.05) is 18.2 Å². The molecule has 1 saturated carbocycles. The molecule has 3 aromatic rings. The van der Waals surface area contributed by atoms with Gasteiger partial charge in [-0.3, -0.25) is 0 Å². The smallest absolute Gasteiger partial charge is 0.138 e. The third-order valence-electron chi connectivity index (χ3n) is 6.67. The van der Waals surface area contributed by atoms with Crippen molar-refractivity contribution in [2.24, 2.45) is 5.92 Å². The summed E-state index contributed by atoms with van der Waals surface area (Å²) in [7, 11) is 0. The van der Waals surface area contributed by atoms with Gasteiger partial charge in [-0.15, -0.1) is 0 Å². The molecule has 0 aromatic heterocycles. The average Bonchev–Trinajstić information content (AvgIpc) is 2.75. The van der Waals surface area contributed by atoms with Gasteiger partial charge in [-0.2, -0.15) is 0 Å². The van der Waals surface area contributed by atoms with Crippen LogP contribution in [0.4, 0.5) is 8.78 Å². The molecule has 3 aromatic carbocycles. The topological polar surface area (TPSA) is 0 Å². The van der Waals surface area contributed by atoms with Crippen LogP contribution in [0, 0.1) is 17.6 Å².